The molecule has 0 aliphatic rings. The van der Waals surface area contributed by atoms with Crippen molar-refractivity contribution in [1.82, 2.24) is 5.32 Å². The molecule has 0 aromatic carbocycles. The molecule has 0 aromatic rings. The van der Waals surface area contributed by atoms with Gasteiger partial charge in [-0.15, -0.1) is 11.8 Å². The molecular weight excluding hydrogens is 232 g/mol. The lowest BCUT2D eigenvalue weighted by Gasteiger charge is -2.15. The summed E-state index contributed by atoms with van der Waals surface area (Å²) in [7, 11) is 0. The Morgan fingerprint density at radius 3 is 2.31 bits per heavy atom. The summed E-state index contributed by atoms with van der Waals surface area (Å²) in [5.41, 5.74) is 5.12. The number of primary amides is 1. The number of carboxylic acid groups (broad SMARTS) is 1. The van der Waals surface area contributed by atoms with Crippen molar-refractivity contribution >= 4 is 29.5 Å². The van der Waals surface area contributed by atoms with E-state index in [0.717, 1.165) is 11.8 Å². The molecule has 16 heavy (non-hydrogen) atoms. The molecule has 2 atom stereocenters. The maximum Gasteiger partial charge on any atom is 0.327 e. The van der Waals surface area contributed by atoms with Crippen LogP contribution in [0.5, 0.6) is 0 Å². The van der Waals surface area contributed by atoms with Gasteiger partial charge in [-0.3, -0.25) is 9.59 Å². The van der Waals surface area contributed by atoms with E-state index in [-0.39, 0.29) is 5.75 Å². The molecule has 4 N–H and O–H groups in total. The van der Waals surface area contributed by atoms with Gasteiger partial charge in [0.05, 0.1) is 5.25 Å². The molecule has 0 aliphatic heterocycles. The maximum absolute atomic E-state index is 10.9. The van der Waals surface area contributed by atoms with E-state index in [1.165, 1.54) is 6.92 Å². The number of amides is 2. The van der Waals surface area contributed by atoms with Crippen LogP contribution in [0.1, 0.15) is 20.3 Å². The number of carboxylic acids is 1. The van der Waals surface area contributed by atoms with Crippen LogP contribution >= 0.6 is 11.8 Å². The van der Waals surface area contributed by atoms with Gasteiger partial charge in [0.25, 0.3) is 0 Å². The zero-order valence-electron chi connectivity index (χ0n) is 9.23. The molecule has 0 aliphatic carbocycles. The molecule has 0 heterocycles. The SMILES string of the molecule is CCC(SCC(NC(C)=O)C(=O)O)C(N)=O. The van der Waals surface area contributed by atoms with Gasteiger partial charge in [-0.2, -0.15) is 0 Å². The highest BCUT2D eigenvalue weighted by atomic mass is 32.2. The Morgan fingerprint density at radius 1 is 1.44 bits per heavy atom. The lowest BCUT2D eigenvalue weighted by atomic mass is 10.3. The number of nitrogens with one attached hydrogen (secondary N) is 1. The van der Waals surface area contributed by atoms with Crippen LogP contribution in [0, 0.1) is 0 Å². The summed E-state index contributed by atoms with van der Waals surface area (Å²) in [6.45, 7) is 3.03. The van der Waals surface area contributed by atoms with E-state index >= 15 is 0 Å². The number of hydrogen-bond donors (Lipinski definition) is 3. The third kappa shape index (κ3) is 5.59. The average Bonchev–Trinajstić information content (AvgIpc) is 2.15. The smallest absolute Gasteiger partial charge is 0.327 e. The van der Waals surface area contributed by atoms with Crippen LogP contribution in [0.15, 0.2) is 0 Å². The second kappa shape index (κ2) is 7.10. The third-order valence-electron chi connectivity index (χ3n) is 1.83. The zero-order chi connectivity index (χ0) is 12.7. The third-order valence-corrected chi connectivity index (χ3v) is 3.32. The first kappa shape index (κ1) is 14.8. The number of nitrogens with two attached hydrogens (primary N) is 1. The van der Waals surface area contributed by atoms with Crippen LogP contribution < -0.4 is 11.1 Å². The summed E-state index contributed by atoms with van der Waals surface area (Å²) >= 11 is 1.14. The lowest BCUT2D eigenvalue weighted by molar-refractivity contribution is -0.140. The maximum atomic E-state index is 10.9. The fourth-order valence-electron chi connectivity index (χ4n) is 1.03. The van der Waals surface area contributed by atoms with Gasteiger partial charge in [0.2, 0.25) is 11.8 Å². The van der Waals surface area contributed by atoms with Gasteiger partial charge in [0, 0.05) is 12.7 Å². The molecule has 0 radical (unpaired) electrons. The molecule has 0 spiro atoms. The van der Waals surface area contributed by atoms with Crippen LogP contribution in [0.2, 0.25) is 0 Å². The van der Waals surface area contributed by atoms with Crippen molar-refractivity contribution in [2.24, 2.45) is 5.73 Å². The highest BCUT2D eigenvalue weighted by Gasteiger charge is 2.22. The first-order valence-electron chi connectivity index (χ1n) is 4.79. The van der Waals surface area contributed by atoms with Gasteiger partial charge in [0.15, 0.2) is 0 Å². The van der Waals surface area contributed by atoms with Crippen molar-refractivity contribution in [2.45, 2.75) is 31.6 Å². The molecule has 7 heteroatoms. The minimum absolute atomic E-state index is 0.121. The summed E-state index contributed by atoms with van der Waals surface area (Å²) in [5, 5.41) is 10.7. The van der Waals surface area contributed by atoms with E-state index in [4.69, 9.17) is 10.8 Å². The van der Waals surface area contributed by atoms with Crippen molar-refractivity contribution in [1.29, 1.82) is 0 Å². The van der Waals surface area contributed by atoms with E-state index in [2.05, 4.69) is 5.32 Å². The number of rotatable bonds is 7. The van der Waals surface area contributed by atoms with Gasteiger partial charge in [0.1, 0.15) is 6.04 Å². The van der Waals surface area contributed by atoms with Crippen molar-refractivity contribution < 1.29 is 19.5 Å². The normalized spacial score (nSPS) is 13.9. The molecule has 2 amide bonds. The molecule has 92 valence electrons. The first-order chi connectivity index (χ1) is 7.38. The molecule has 0 saturated carbocycles. The predicted molar refractivity (Wildman–Crippen MR) is 61.0 cm³/mol. The molecule has 2 unspecified atom stereocenters. The van der Waals surface area contributed by atoms with Crippen LogP contribution in [0.3, 0.4) is 0 Å². The molecule has 0 aromatic heterocycles. The summed E-state index contributed by atoms with van der Waals surface area (Å²) < 4.78 is 0. The fourth-order valence-corrected chi connectivity index (χ4v) is 2.08. The number of carbonyl (C=O) groups excluding carboxylic acids is 2. The standard InChI is InChI=1S/C9H16N2O4S/c1-3-7(8(10)13)16-4-6(9(14)15)11-5(2)12/h6-7H,3-4H2,1-2H3,(H2,10,13)(H,11,12)(H,14,15). The monoisotopic (exact) mass is 248 g/mol. The minimum Gasteiger partial charge on any atom is -0.480 e. The fraction of sp³-hybridized carbons (Fsp3) is 0.667. The summed E-state index contributed by atoms with van der Waals surface area (Å²) in [4.78, 5) is 32.4. The number of hydrogen-bond acceptors (Lipinski definition) is 4. The van der Waals surface area contributed by atoms with Gasteiger partial charge in [-0.05, 0) is 6.42 Å². The Labute approximate surface area is 98.0 Å². The molecule has 6 nitrogen and oxygen atoms in total. The van der Waals surface area contributed by atoms with Crippen LogP contribution in [0.25, 0.3) is 0 Å². The largest absolute Gasteiger partial charge is 0.480 e. The molecule has 0 saturated heterocycles. The topological polar surface area (TPSA) is 109 Å². The van der Waals surface area contributed by atoms with E-state index in [1.807, 2.05) is 0 Å². The van der Waals surface area contributed by atoms with Crippen molar-refractivity contribution in [3.63, 3.8) is 0 Å². The second-order valence-corrected chi connectivity index (χ2v) is 4.46. The van der Waals surface area contributed by atoms with Crippen molar-refractivity contribution in [2.75, 3.05) is 5.75 Å². The van der Waals surface area contributed by atoms with E-state index in [9.17, 15) is 14.4 Å². The molecule has 0 fully saturated rings. The zero-order valence-corrected chi connectivity index (χ0v) is 10.0. The van der Waals surface area contributed by atoms with E-state index in [0.29, 0.717) is 6.42 Å². The van der Waals surface area contributed by atoms with E-state index < -0.39 is 29.1 Å². The second-order valence-electron chi connectivity index (χ2n) is 3.22. The predicted octanol–water partition coefficient (Wildman–Crippen LogP) is -0.427. The quantitative estimate of drug-likeness (QED) is 0.566. The van der Waals surface area contributed by atoms with Crippen LogP contribution in [-0.2, 0) is 14.4 Å². The number of thioether (sulfide) groups is 1. The minimum atomic E-state index is -1.12. The van der Waals surface area contributed by atoms with Gasteiger partial charge >= 0.3 is 5.97 Å². The summed E-state index contributed by atoms with van der Waals surface area (Å²) in [6, 6.07) is -0.990. The Hall–Kier alpha value is -1.24. The van der Waals surface area contributed by atoms with Crippen molar-refractivity contribution in [3.8, 4) is 0 Å². The van der Waals surface area contributed by atoms with Crippen LogP contribution in [0.4, 0.5) is 0 Å². The molecular formula is C9H16N2O4S. The lowest BCUT2D eigenvalue weighted by Crippen LogP contribution is -2.42. The van der Waals surface area contributed by atoms with Crippen LogP contribution in [-0.4, -0.2) is 39.9 Å². The van der Waals surface area contributed by atoms with Gasteiger partial charge in [-0.1, -0.05) is 6.92 Å². The Bertz CT molecular complexity index is 283. The van der Waals surface area contributed by atoms with Gasteiger partial charge in [-0.25, -0.2) is 4.79 Å². The average molecular weight is 248 g/mol. The highest BCUT2D eigenvalue weighted by Crippen LogP contribution is 2.15. The Morgan fingerprint density at radius 2 is 2.00 bits per heavy atom. The molecule has 0 rings (SSSR count). The Balaban J connectivity index is 4.25. The Kier molecular flexibility index (Phi) is 6.55. The van der Waals surface area contributed by atoms with Crippen molar-refractivity contribution in [3.05, 3.63) is 0 Å². The number of carbonyl (C=O) groups is 3. The summed E-state index contributed by atoms with van der Waals surface area (Å²) in [6.07, 6.45) is 0.534. The van der Waals surface area contributed by atoms with E-state index in [1.54, 1.807) is 6.92 Å². The van der Waals surface area contributed by atoms with Gasteiger partial charge < -0.3 is 16.2 Å². The number of aliphatic carboxylic acids is 1. The molecule has 0 bridgehead atoms. The summed E-state index contributed by atoms with van der Waals surface area (Å²) in [5.74, 6) is -1.89. The first-order valence-corrected chi connectivity index (χ1v) is 5.84. The highest BCUT2D eigenvalue weighted by molar-refractivity contribution is 8.00.